The van der Waals surface area contributed by atoms with E-state index in [0.29, 0.717) is 18.0 Å². The molecular formula is C13H22N2O3S. The molecule has 5 nitrogen and oxygen atoms in total. The van der Waals surface area contributed by atoms with Crippen LogP contribution >= 0.6 is 0 Å². The number of benzene rings is 1. The Balaban J connectivity index is 2.94. The molecule has 0 aromatic heterocycles. The van der Waals surface area contributed by atoms with Gasteiger partial charge in [-0.2, -0.15) is 0 Å². The number of sulfonamides is 1. The van der Waals surface area contributed by atoms with Crippen LogP contribution in [0.3, 0.4) is 0 Å². The van der Waals surface area contributed by atoms with E-state index in [1.165, 1.54) is 0 Å². The lowest BCUT2D eigenvalue weighted by Crippen LogP contribution is -2.36. The molecule has 0 saturated heterocycles. The van der Waals surface area contributed by atoms with Crippen LogP contribution in [0, 0.1) is 0 Å². The van der Waals surface area contributed by atoms with Crippen molar-refractivity contribution in [2.75, 3.05) is 20.3 Å². The van der Waals surface area contributed by atoms with Crippen LogP contribution in [0.1, 0.15) is 19.4 Å². The van der Waals surface area contributed by atoms with Gasteiger partial charge >= 0.3 is 0 Å². The second-order valence-electron chi connectivity index (χ2n) is 4.37. The van der Waals surface area contributed by atoms with Gasteiger partial charge in [0.15, 0.2) is 0 Å². The standard InChI is InChI=1S/C13H22N2O3S/c1-4-14-9-12-7-5-6-8-13(12)19(16,17)15-11(2)10-18-3/h5-8,11,14-15H,4,9-10H2,1-3H3. The number of methoxy groups -OCH3 is 1. The van der Waals surface area contributed by atoms with Crippen LogP contribution in [-0.4, -0.2) is 34.7 Å². The Morgan fingerprint density at radius 1 is 1.32 bits per heavy atom. The van der Waals surface area contributed by atoms with E-state index in [-0.39, 0.29) is 6.04 Å². The minimum absolute atomic E-state index is 0.262. The average Bonchev–Trinajstić information content (AvgIpc) is 2.36. The molecule has 0 amide bonds. The minimum Gasteiger partial charge on any atom is -0.383 e. The smallest absolute Gasteiger partial charge is 0.241 e. The van der Waals surface area contributed by atoms with Gasteiger partial charge in [-0.25, -0.2) is 13.1 Å². The van der Waals surface area contributed by atoms with Crippen molar-refractivity contribution in [3.05, 3.63) is 29.8 Å². The van der Waals surface area contributed by atoms with E-state index in [1.807, 2.05) is 19.1 Å². The fourth-order valence-electron chi connectivity index (χ4n) is 1.78. The summed E-state index contributed by atoms with van der Waals surface area (Å²) >= 11 is 0. The maximum atomic E-state index is 12.3. The molecule has 1 aromatic rings. The monoisotopic (exact) mass is 286 g/mol. The summed E-state index contributed by atoms with van der Waals surface area (Å²) < 4.78 is 32.2. The van der Waals surface area contributed by atoms with Crippen molar-refractivity contribution in [3.63, 3.8) is 0 Å². The summed E-state index contributed by atoms with van der Waals surface area (Å²) in [5, 5.41) is 3.14. The lowest BCUT2D eigenvalue weighted by molar-refractivity contribution is 0.180. The molecule has 1 aromatic carbocycles. The van der Waals surface area contributed by atoms with Crippen molar-refractivity contribution < 1.29 is 13.2 Å². The van der Waals surface area contributed by atoms with Crippen LogP contribution in [0.15, 0.2) is 29.2 Å². The first-order chi connectivity index (χ1) is 9.01. The zero-order chi connectivity index (χ0) is 14.3. The van der Waals surface area contributed by atoms with Crippen LogP contribution in [0.5, 0.6) is 0 Å². The highest BCUT2D eigenvalue weighted by atomic mass is 32.2. The van der Waals surface area contributed by atoms with Crippen molar-refractivity contribution >= 4 is 10.0 Å². The fraction of sp³-hybridized carbons (Fsp3) is 0.538. The average molecular weight is 286 g/mol. The third-order valence-electron chi connectivity index (χ3n) is 2.60. The quantitative estimate of drug-likeness (QED) is 0.751. The first-order valence-electron chi connectivity index (χ1n) is 6.31. The molecule has 0 saturated carbocycles. The zero-order valence-electron chi connectivity index (χ0n) is 11.6. The van der Waals surface area contributed by atoms with Crippen molar-refractivity contribution in [2.45, 2.75) is 31.3 Å². The summed E-state index contributed by atoms with van der Waals surface area (Å²) in [5.41, 5.74) is 0.765. The summed E-state index contributed by atoms with van der Waals surface area (Å²) in [5.74, 6) is 0. The topological polar surface area (TPSA) is 67.4 Å². The molecule has 0 heterocycles. The van der Waals surface area contributed by atoms with Gasteiger partial charge in [0, 0.05) is 19.7 Å². The molecule has 1 unspecified atom stereocenters. The number of rotatable bonds is 8. The SMILES string of the molecule is CCNCc1ccccc1S(=O)(=O)NC(C)COC. The molecule has 19 heavy (non-hydrogen) atoms. The molecular weight excluding hydrogens is 264 g/mol. The fourth-order valence-corrected chi connectivity index (χ4v) is 3.25. The Kier molecular flexibility index (Phi) is 6.44. The second-order valence-corrected chi connectivity index (χ2v) is 6.05. The molecule has 0 aliphatic rings. The van der Waals surface area contributed by atoms with Crippen LogP contribution in [-0.2, 0) is 21.3 Å². The van der Waals surface area contributed by atoms with Gasteiger partial charge in [0.25, 0.3) is 0 Å². The first-order valence-corrected chi connectivity index (χ1v) is 7.79. The Morgan fingerprint density at radius 2 is 2.00 bits per heavy atom. The predicted molar refractivity (Wildman–Crippen MR) is 75.5 cm³/mol. The van der Waals surface area contributed by atoms with Gasteiger partial charge in [-0.1, -0.05) is 25.1 Å². The number of ether oxygens (including phenoxy) is 1. The number of hydrogen-bond donors (Lipinski definition) is 2. The maximum absolute atomic E-state index is 12.3. The van der Waals surface area contributed by atoms with Crippen LogP contribution < -0.4 is 10.0 Å². The molecule has 108 valence electrons. The van der Waals surface area contributed by atoms with E-state index in [0.717, 1.165) is 12.1 Å². The maximum Gasteiger partial charge on any atom is 0.241 e. The number of hydrogen-bond acceptors (Lipinski definition) is 4. The summed E-state index contributed by atoms with van der Waals surface area (Å²) in [4.78, 5) is 0.318. The molecule has 0 spiro atoms. The van der Waals surface area contributed by atoms with Crippen LogP contribution in [0.2, 0.25) is 0 Å². The van der Waals surface area contributed by atoms with Gasteiger partial charge in [0.2, 0.25) is 10.0 Å². The predicted octanol–water partition coefficient (Wildman–Crippen LogP) is 1.11. The third kappa shape index (κ3) is 4.91. The second kappa shape index (κ2) is 7.59. The van der Waals surface area contributed by atoms with E-state index in [9.17, 15) is 8.42 Å². The first kappa shape index (κ1) is 16.1. The molecule has 0 radical (unpaired) electrons. The lowest BCUT2D eigenvalue weighted by Gasteiger charge is -2.15. The van der Waals surface area contributed by atoms with E-state index in [2.05, 4.69) is 10.0 Å². The largest absolute Gasteiger partial charge is 0.383 e. The molecule has 0 aliphatic carbocycles. The lowest BCUT2D eigenvalue weighted by atomic mass is 10.2. The van der Waals surface area contributed by atoms with Crippen LogP contribution in [0.4, 0.5) is 0 Å². The van der Waals surface area contributed by atoms with Crippen molar-refractivity contribution in [1.29, 1.82) is 0 Å². The van der Waals surface area contributed by atoms with E-state index >= 15 is 0 Å². The highest BCUT2D eigenvalue weighted by molar-refractivity contribution is 7.89. The Labute approximate surface area is 115 Å². The van der Waals surface area contributed by atoms with Gasteiger partial charge in [-0.05, 0) is 25.1 Å². The van der Waals surface area contributed by atoms with Gasteiger partial charge in [-0.3, -0.25) is 0 Å². The normalized spacial score (nSPS) is 13.4. The summed E-state index contributed by atoms with van der Waals surface area (Å²) in [7, 11) is -1.97. The van der Waals surface area contributed by atoms with E-state index in [4.69, 9.17) is 4.74 Å². The third-order valence-corrected chi connectivity index (χ3v) is 4.29. The summed E-state index contributed by atoms with van der Waals surface area (Å²) in [6.45, 7) is 5.42. The van der Waals surface area contributed by atoms with E-state index in [1.54, 1.807) is 26.2 Å². The Morgan fingerprint density at radius 3 is 2.63 bits per heavy atom. The van der Waals surface area contributed by atoms with Crippen molar-refractivity contribution in [1.82, 2.24) is 10.0 Å². The molecule has 1 rings (SSSR count). The van der Waals surface area contributed by atoms with Gasteiger partial charge < -0.3 is 10.1 Å². The minimum atomic E-state index is -3.51. The van der Waals surface area contributed by atoms with Gasteiger partial charge in [-0.15, -0.1) is 0 Å². The molecule has 0 fully saturated rings. The van der Waals surface area contributed by atoms with E-state index < -0.39 is 10.0 Å². The highest BCUT2D eigenvalue weighted by Crippen LogP contribution is 2.15. The highest BCUT2D eigenvalue weighted by Gasteiger charge is 2.20. The summed E-state index contributed by atoms with van der Waals surface area (Å²) in [6, 6.07) is 6.74. The number of nitrogens with one attached hydrogen (secondary N) is 2. The van der Waals surface area contributed by atoms with Crippen molar-refractivity contribution in [3.8, 4) is 0 Å². The van der Waals surface area contributed by atoms with Crippen LogP contribution in [0.25, 0.3) is 0 Å². The molecule has 1 atom stereocenters. The Bertz CT molecular complexity index is 488. The molecule has 2 N–H and O–H groups in total. The van der Waals surface area contributed by atoms with Gasteiger partial charge in [0.05, 0.1) is 11.5 Å². The molecule has 0 aliphatic heterocycles. The zero-order valence-corrected chi connectivity index (χ0v) is 12.5. The Hall–Kier alpha value is -0.950. The summed E-state index contributed by atoms with van der Waals surface area (Å²) in [6.07, 6.45) is 0. The molecule has 0 bridgehead atoms. The van der Waals surface area contributed by atoms with Gasteiger partial charge in [0.1, 0.15) is 0 Å². The molecule has 6 heteroatoms. The van der Waals surface area contributed by atoms with Crippen molar-refractivity contribution in [2.24, 2.45) is 0 Å².